The third-order valence-corrected chi connectivity index (χ3v) is 8.83. The molecular weight excluding hydrogens is 591 g/mol. The quantitative estimate of drug-likeness (QED) is 0.197. The second-order valence-corrected chi connectivity index (χ2v) is 12.2. The van der Waals surface area contributed by atoms with Gasteiger partial charge in [0.05, 0.1) is 18.4 Å². The van der Waals surface area contributed by atoms with E-state index in [4.69, 9.17) is 16.3 Å². The molecule has 0 bridgehead atoms. The van der Waals surface area contributed by atoms with Crippen molar-refractivity contribution < 1.29 is 27.5 Å². The monoisotopic (exact) mass is 625 g/mol. The summed E-state index contributed by atoms with van der Waals surface area (Å²) in [6, 6.07) is 11.5. The van der Waals surface area contributed by atoms with Gasteiger partial charge in [0.15, 0.2) is 5.78 Å². The number of hydrogen-bond donors (Lipinski definition) is 0. The fourth-order valence-electron chi connectivity index (χ4n) is 5.91. The maximum atomic E-state index is 14.1. The second kappa shape index (κ2) is 13.2. The second-order valence-electron chi connectivity index (χ2n) is 11.8. The summed E-state index contributed by atoms with van der Waals surface area (Å²) >= 11 is 6.47. The number of ether oxygens (including phenoxy) is 1. The van der Waals surface area contributed by atoms with Gasteiger partial charge in [0.25, 0.3) is 0 Å². The predicted molar refractivity (Wildman–Crippen MR) is 164 cm³/mol. The van der Waals surface area contributed by atoms with Crippen LogP contribution in [0, 0.1) is 0 Å². The van der Waals surface area contributed by atoms with Crippen LogP contribution in [-0.4, -0.2) is 66.9 Å². The lowest BCUT2D eigenvalue weighted by Gasteiger charge is -2.22. The molecule has 2 aliphatic rings. The van der Waals surface area contributed by atoms with Gasteiger partial charge >= 0.3 is 12.1 Å². The molecule has 1 aliphatic carbocycles. The summed E-state index contributed by atoms with van der Waals surface area (Å²) in [5.74, 6) is -0.756. The van der Waals surface area contributed by atoms with Crippen LogP contribution in [0.2, 0.25) is 5.02 Å². The van der Waals surface area contributed by atoms with Gasteiger partial charge in [-0.05, 0) is 85.5 Å². The molecule has 6 nitrogen and oxygen atoms in total. The standard InChI is InChI=1S/C34H35ClF3N3O3/c1-40(2)28-10-11-41(20-28)19-25-8-7-24(16-29(25)34(36,37)38)32(42)14-21-5-9-30(35)23(12-21)6-4-22-13-26-15-27(33(43)44-3)17-31(26)39-18-22/h5,7-9,12-13,15-16,18,28H,4,6,10-11,14,17,19-20H2,1-3H3. The van der Waals surface area contributed by atoms with Crippen LogP contribution in [0.4, 0.5) is 13.2 Å². The highest BCUT2D eigenvalue weighted by Gasteiger charge is 2.35. The number of likely N-dealkylation sites (tertiary alicyclic amines) is 1. The van der Waals surface area contributed by atoms with E-state index in [1.165, 1.54) is 19.2 Å². The number of carbonyl (C=O) groups is 2. The van der Waals surface area contributed by atoms with E-state index < -0.39 is 11.7 Å². The molecule has 232 valence electrons. The number of benzene rings is 2. The highest BCUT2D eigenvalue weighted by atomic mass is 35.5. The molecule has 1 atom stereocenters. The number of fused-ring (bicyclic) bond motifs is 1. The van der Waals surface area contributed by atoms with Crippen LogP contribution in [0.3, 0.4) is 0 Å². The van der Waals surface area contributed by atoms with E-state index in [-0.39, 0.29) is 35.8 Å². The van der Waals surface area contributed by atoms with Gasteiger partial charge < -0.3 is 9.64 Å². The first-order valence-electron chi connectivity index (χ1n) is 14.6. The Kier molecular flexibility index (Phi) is 9.58. The first-order chi connectivity index (χ1) is 20.9. The molecule has 3 aromatic rings. The fourth-order valence-corrected chi connectivity index (χ4v) is 6.12. The van der Waals surface area contributed by atoms with Crippen LogP contribution >= 0.6 is 11.6 Å². The average molecular weight is 626 g/mol. The number of aromatic nitrogens is 1. The Balaban J connectivity index is 1.26. The van der Waals surface area contributed by atoms with Crippen molar-refractivity contribution in [3.63, 3.8) is 0 Å². The molecule has 0 radical (unpaired) electrons. The van der Waals surface area contributed by atoms with E-state index in [1.807, 2.05) is 31.1 Å². The molecule has 2 aromatic carbocycles. The van der Waals surface area contributed by atoms with Crippen molar-refractivity contribution in [2.24, 2.45) is 0 Å². The number of pyridine rings is 1. The van der Waals surface area contributed by atoms with Crippen LogP contribution in [0.5, 0.6) is 0 Å². The molecule has 2 heterocycles. The summed E-state index contributed by atoms with van der Waals surface area (Å²) in [4.78, 5) is 33.7. The number of carbonyl (C=O) groups excluding carboxylic acids is 2. The maximum Gasteiger partial charge on any atom is 0.416 e. The number of aryl methyl sites for hydroxylation is 2. The summed E-state index contributed by atoms with van der Waals surface area (Å²) in [6.45, 7) is 1.63. The molecule has 1 saturated heterocycles. The third-order valence-electron chi connectivity index (χ3n) is 8.46. The van der Waals surface area contributed by atoms with Crippen molar-refractivity contribution in [2.45, 2.75) is 50.9 Å². The lowest BCUT2D eigenvalue weighted by Crippen LogP contribution is -2.31. The van der Waals surface area contributed by atoms with Crippen molar-refractivity contribution in [2.75, 3.05) is 34.3 Å². The van der Waals surface area contributed by atoms with E-state index in [1.54, 1.807) is 24.4 Å². The summed E-state index contributed by atoms with van der Waals surface area (Å²) < 4.78 is 47.1. The molecule has 10 heteroatoms. The van der Waals surface area contributed by atoms with Crippen molar-refractivity contribution in [3.05, 3.63) is 104 Å². The Morgan fingerprint density at radius 2 is 1.86 bits per heavy atom. The van der Waals surface area contributed by atoms with E-state index in [0.717, 1.165) is 41.4 Å². The number of ketones is 1. The zero-order valence-electron chi connectivity index (χ0n) is 25.0. The Bertz CT molecular complexity index is 1600. The highest BCUT2D eigenvalue weighted by Crippen LogP contribution is 2.34. The number of likely N-dealkylation sites (N-methyl/N-ethyl adjacent to an activating group) is 1. The van der Waals surface area contributed by atoms with Crippen LogP contribution in [0.1, 0.15) is 55.9 Å². The van der Waals surface area contributed by atoms with Crippen LogP contribution in [-0.2, 0) is 47.9 Å². The summed E-state index contributed by atoms with van der Waals surface area (Å²) in [7, 11) is 5.31. The van der Waals surface area contributed by atoms with E-state index in [9.17, 15) is 22.8 Å². The van der Waals surface area contributed by atoms with E-state index in [2.05, 4.69) is 9.88 Å². The first kappa shape index (κ1) is 31.9. The number of alkyl halides is 3. The predicted octanol–water partition coefficient (Wildman–Crippen LogP) is 6.21. The number of rotatable bonds is 10. The van der Waals surface area contributed by atoms with Crippen molar-refractivity contribution in [3.8, 4) is 0 Å². The van der Waals surface area contributed by atoms with Gasteiger partial charge in [-0.25, -0.2) is 4.79 Å². The van der Waals surface area contributed by atoms with Gasteiger partial charge in [-0.3, -0.25) is 14.7 Å². The molecular formula is C34H35ClF3N3O3. The van der Waals surface area contributed by atoms with Crippen LogP contribution in [0.15, 0.2) is 54.2 Å². The first-order valence-corrected chi connectivity index (χ1v) is 14.9. The Hall–Kier alpha value is -3.53. The van der Waals surface area contributed by atoms with Gasteiger partial charge in [-0.15, -0.1) is 0 Å². The molecule has 0 amide bonds. The van der Waals surface area contributed by atoms with Crippen LogP contribution < -0.4 is 0 Å². The van der Waals surface area contributed by atoms with E-state index in [0.29, 0.717) is 48.0 Å². The Labute approximate surface area is 260 Å². The van der Waals surface area contributed by atoms with Crippen LogP contribution in [0.25, 0.3) is 6.08 Å². The smallest absolute Gasteiger partial charge is 0.416 e. The average Bonchev–Trinajstić information content (AvgIpc) is 3.64. The lowest BCUT2D eigenvalue weighted by atomic mass is 9.96. The molecule has 1 aliphatic heterocycles. The number of Topliss-reactive ketones (excluding diaryl/α,β-unsaturated/α-hetero) is 1. The molecule has 1 aromatic heterocycles. The van der Waals surface area contributed by atoms with E-state index >= 15 is 0 Å². The molecule has 0 N–H and O–H groups in total. The summed E-state index contributed by atoms with van der Waals surface area (Å²) in [6.07, 6.45) is 1.51. The molecule has 0 saturated carbocycles. The minimum absolute atomic E-state index is 0.0359. The molecule has 44 heavy (non-hydrogen) atoms. The van der Waals surface area contributed by atoms with Gasteiger partial charge in [-0.1, -0.05) is 35.9 Å². The van der Waals surface area contributed by atoms with Gasteiger partial charge in [-0.2, -0.15) is 13.2 Å². The SMILES string of the molecule is COC(=O)C1=Cc2cc(CCc3cc(CC(=O)c4ccc(CN5CCC(N(C)C)C5)c(C(F)(F)F)c4)ccc3Cl)cnc2C1. The Morgan fingerprint density at radius 3 is 2.57 bits per heavy atom. The van der Waals surface area contributed by atoms with Crippen molar-refractivity contribution >= 4 is 29.4 Å². The molecule has 1 unspecified atom stereocenters. The maximum absolute atomic E-state index is 14.1. The summed E-state index contributed by atoms with van der Waals surface area (Å²) in [5.41, 5.74) is 4.20. The number of hydrogen-bond acceptors (Lipinski definition) is 6. The number of esters is 1. The lowest BCUT2D eigenvalue weighted by molar-refractivity contribution is -0.138. The summed E-state index contributed by atoms with van der Waals surface area (Å²) in [5, 5.41) is 0.547. The largest absolute Gasteiger partial charge is 0.466 e. The Morgan fingerprint density at radius 1 is 1.07 bits per heavy atom. The highest BCUT2D eigenvalue weighted by molar-refractivity contribution is 6.31. The van der Waals surface area contributed by atoms with Crippen molar-refractivity contribution in [1.29, 1.82) is 0 Å². The normalized spacial score (nSPS) is 16.7. The van der Waals surface area contributed by atoms with Gasteiger partial charge in [0.1, 0.15) is 0 Å². The molecule has 1 fully saturated rings. The molecule has 5 rings (SSSR count). The number of nitrogens with zero attached hydrogens (tertiary/aromatic N) is 3. The van der Waals surface area contributed by atoms with Crippen molar-refractivity contribution in [1.82, 2.24) is 14.8 Å². The minimum Gasteiger partial charge on any atom is -0.466 e. The molecule has 0 spiro atoms. The van der Waals surface area contributed by atoms with Gasteiger partial charge in [0, 0.05) is 60.9 Å². The fraction of sp³-hybridized carbons (Fsp3) is 0.382. The number of halogens is 4. The zero-order valence-corrected chi connectivity index (χ0v) is 25.8. The minimum atomic E-state index is -4.57. The number of methoxy groups -OCH3 is 1. The van der Waals surface area contributed by atoms with Gasteiger partial charge in [0.2, 0.25) is 0 Å². The zero-order chi connectivity index (χ0) is 31.6. The topological polar surface area (TPSA) is 62.7 Å². The third kappa shape index (κ3) is 7.39.